The number of amides is 1. The fourth-order valence-electron chi connectivity index (χ4n) is 4.42. The molecule has 1 amide bonds. The number of para-hydroxylation sites is 1. The normalized spacial score (nSPS) is 26.1. The molecule has 2 aliphatic rings. The highest BCUT2D eigenvalue weighted by Gasteiger charge is 2.56. The van der Waals surface area contributed by atoms with E-state index >= 15 is 0 Å². The highest BCUT2D eigenvalue weighted by molar-refractivity contribution is 7.86. The molecule has 0 aliphatic carbocycles. The number of anilines is 1. The number of benzene rings is 1. The summed E-state index contributed by atoms with van der Waals surface area (Å²) in [4.78, 5) is 19.5. The standard InChI is InChI=1S/C19H26N4O3S2/c1-12(2)11-21(4)28(25,26)22-10-9-15-17(22)13(3)18(24)23(15)19-20-14-7-5-6-8-16(14)27-19/h5-8,12-13,15,17H,9-11H2,1-4H3/t13-,15-,17+/m0/s1. The third kappa shape index (κ3) is 3.04. The Hall–Kier alpha value is -1.55. The maximum Gasteiger partial charge on any atom is 0.282 e. The summed E-state index contributed by atoms with van der Waals surface area (Å²) in [6.45, 7) is 6.72. The van der Waals surface area contributed by atoms with Crippen LogP contribution in [0.5, 0.6) is 0 Å². The summed E-state index contributed by atoms with van der Waals surface area (Å²) in [6, 6.07) is 7.30. The summed E-state index contributed by atoms with van der Waals surface area (Å²) in [6.07, 6.45) is 0.630. The Morgan fingerprint density at radius 1 is 1.32 bits per heavy atom. The fourth-order valence-corrected chi connectivity index (χ4v) is 7.26. The highest BCUT2D eigenvalue weighted by Crippen LogP contribution is 2.42. The lowest BCUT2D eigenvalue weighted by molar-refractivity contribution is -0.120. The van der Waals surface area contributed by atoms with E-state index in [1.807, 2.05) is 45.0 Å². The van der Waals surface area contributed by atoms with Gasteiger partial charge < -0.3 is 0 Å². The van der Waals surface area contributed by atoms with Crippen LogP contribution in [0, 0.1) is 11.8 Å². The summed E-state index contributed by atoms with van der Waals surface area (Å²) >= 11 is 1.49. The number of thiazole rings is 1. The second kappa shape index (κ2) is 7.05. The van der Waals surface area contributed by atoms with Crippen molar-refractivity contribution in [2.45, 2.75) is 39.3 Å². The van der Waals surface area contributed by atoms with E-state index in [1.165, 1.54) is 19.9 Å². The van der Waals surface area contributed by atoms with Crippen LogP contribution in [0.25, 0.3) is 10.2 Å². The first kappa shape index (κ1) is 19.8. The minimum Gasteiger partial charge on any atom is -0.283 e. The first-order chi connectivity index (χ1) is 13.2. The lowest BCUT2D eigenvalue weighted by atomic mass is 10.0. The van der Waals surface area contributed by atoms with Gasteiger partial charge in [0.15, 0.2) is 5.13 Å². The van der Waals surface area contributed by atoms with Crippen molar-refractivity contribution >= 4 is 42.8 Å². The monoisotopic (exact) mass is 422 g/mol. The van der Waals surface area contributed by atoms with Crippen LogP contribution in [-0.4, -0.2) is 60.1 Å². The van der Waals surface area contributed by atoms with E-state index in [0.29, 0.717) is 24.6 Å². The van der Waals surface area contributed by atoms with E-state index in [-0.39, 0.29) is 29.8 Å². The van der Waals surface area contributed by atoms with Crippen LogP contribution in [0.2, 0.25) is 0 Å². The Morgan fingerprint density at radius 2 is 2.04 bits per heavy atom. The summed E-state index contributed by atoms with van der Waals surface area (Å²) in [7, 11) is -1.98. The molecule has 0 saturated carbocycles. The molecule has 2 aliphatic heterocycles. The van der Waals surface area contributed by atoms with Gasteiger partial charge in [0.2, 0.25) is 5.91 Å². The Balaban J connectivity index is 1.66. The third-order valence-electron chi connectivity index (χ3n) is 5.64. The largest absolute Gasteiger partial charge is 0.283 e. The van der Waals surface area contributed by atoms with Crippen molar-refractivity contribution in [1.82, 2.24) is 13.6 Å². The maximum absolute atomic E-state index is 13.2. The first-order valence-corrected chi connectivity index (χ1v) is 11.8. The molecule has 152 valence electrons. The molecule has 0 spiro atoms. The minimum atomic E-state index is -3.60. The first-order valence-electron chi connectivity index (χ1n) is 9.63. The van der Waals surface area contributed by atoms with Gasteiger partial charge in [-0.1, -0.05) is 44.2 Å². The van der Waals surface area contributed by atoms with Crippen LogP contribution >= 0.6 is 11.3 Å². The second-order valence-electron chi connectivity index (χ2n) is 8.10. The molecule has 7 nitrogen and oxygen atoms in total. The highest BCUT2D eigenvalue weighted by atomic mass is 32.2. The zero-order valence-corrected chi connectivity index (χ0v) is 18.2. The van der Waals surface area contributed by atoms with Crippen molar-refractivity contribution in [3.63, 3.8) is 0 Å². The molecule has 2 aromatic rings. The van der Waals surface area contributed by atoms with Gasteiger partial charge in [0.25, 0.3) is 10.2 Å². The number of aromatic nitrogens is 1. The third-order valence-corrected chi connectivity index (χ3v) is 8.64. The molecule has 3 heterocycles. The quantitative estimate of drug-likeness (QED) is 0.742. The predicted molar refractivity (Wildman–Crippen MR) is 112 cm³/mol. The molecular weight excluding hydrogens is 396 g/mol. The molecule has 2 saturated heterocycles. The Labute approximate surface area is 170 Å². The number of fused-ring (bicyclic) bond motifs is 2. The lowest BCUT2D eigenvalue weighted by Gasteiger charge is -2.30. The van der Waals surface area contributed by atoms with Gasteiger partial charge in [0, 0.05) is 20.1 Å². The maximum atomic E-state index is 13.2. The van der Waals surface area contributed by atoms with Gasteiger partial charge in [-0.25, -0.2) is 4.98 Å². The number of hydrogen-bond donors (Lipinski definition) is 0. The SMILES string of the molecule is CC(C)CN(C)S(=O)(=O)N1CC[C@H]2[C@H]1[C@H](C)C(=O)N2c1nc2ccccc2s1. The fraction of sp³-hybridized carbons (Fsp3) is 0.579. The van der Waals surface area contributed by atoms with Crippen LogP contribution < -0.4 is 4.90 Å². The van der Waals surface area contributed by atoms with E-state index in [2.05, 4.69) is 4.98 Å². The van der Waals surface area contributed by atoms with Crippen LogP contribution in [0.3, 0.4) is 0 Å². The molecule has 0 radical (unpaired) electrons. The van der Waals surface area contributed by atoms with Gasteiger partial charge in [-0.2, -0.15) is 17.0 Å². The van der Waals surface area contributed by atoms with Gasteiger partial charge in [0.05, 0.1) is 28.2 Å². The van der Waals surface area contributed by atoms with Crippen LogP contribution in [-0.2, 0) is 15.0 Å². The lowest BCUT2D eigenvalue weighted by Crippen LogP contribution is -2.48. The average Bonchev–Trinajstić information content (AvgIpc) is 3.30. The molecule has 4 rings (SSSR count). The van der Waals surface area contributed by atoms with Gasteiger partial charge in [0.1, 0.15) is 0 Å². The Bertz CT molecular complexity index is 971. The molecule has 0 bridgehead atoms. The average molecular weight is 423 g/mol. The molecule has 0 unspecified atom stereocenters. The van der Waals surface area contributed by atoms with E-state index in [0.717, 1.165) is 10.2 Å². The molecule has 28 heavy (non-hydrogen) atoms. The van der Waals surface area contributed by atoms with E-state index in [4.69, 9.17) is 0 Å². The number of carbonyl (C=O) groups excluding carboxylic acids is 1. The van der Waals surface area contributed by atoms with Gasteiger partial charge in [-0.15, -0.1) is 0 Å². The molecular formula is C19H26N4O3S2. The summed E-state index contributed by atoms with van der Waals surface area (Å²) in [5.74, 6) is -0.192. The number of carbonyl (C=O) groups is 1. The minimum absolute atomic E-state index is 0.0412. The van der Waals surface area contributed by atoms with Crippen molar-refractivity contribution in [3.8, 4) is 0 Å². The molecule has 2 fully saturated rings. The topological polar surface area (TPSA) is 73.8 Å². The predicted octanol–water partition coefficient (Wildman–Crippen LogP) is 2.55. The van der Waals surface area contributed by atoms with Crippen molar-refractivity contribution in [2.75, 3.05) is 25.0 Å². The number of nitrogens with zero attached hydrogens (tertiary/aromatic N) is 4. The van der Waals surface area contributed by atoms with E-state index < -0.39 is 10.2 Å². The molecule has 1 aromatic carbocycles. The van der Waals surface area contributed by atoms with Crippen molar-refractivity contribution in [3.05, 3.63) is 24.3 Å². The smallest absolute Gasteiger partial charge is 0.282 e. The molecule has 3 atom stereocenters. The number of rotatable bonds is 5. The van der Waals surface area contributed by atoms with Crippen molar-refractivity contribution < 1.29 is 13.2 Å². The van der Waals surface area contributed by atoms with Crippen LogP contribution in [0.15, 0.2) is 24.3 Å². The molecule has 0 N–H and O–H groups in total. The van der Waals surface area contributed by atoms with Gasteiger partial charge in [-0.05, 0) is 24.5 Å². The number of hydrogen-bond acceptors (Lipinski definition) is 5. The van der Waals surface area contributed by atoms with E-state index in [9.17, 15) is 13.2 Å². The second-order valence-corrected chi connectivity index (χ2v) is 11.1. The van der Waals surface area contributed by atoms with Crippen molar-refractivity contribution in [1.29, 1.82) is 0 Å². The Kier molecular flexibility index (Phi) is 4.97. The van der Waals surface area contributed by atoms with Crippen LogP contribution in [0.1, 0.15) is 27.2 Å². The van der Waals surface area contributed by atoms with E-state index in [1.54, 1.807) is 11.9 Å². The Morgan fingerprint density at radius 3 is 2.71 bits per heavy atom. The molecule has 1 aromatic heterocycles. The van der Waals surface area contributed by atoms with Gasteiger partial charge in [-0.3, -0.25) is 9.69 Å². The van der Waals surface area contributed by atoms with Crippen LogP contribution in [0.4, 0.5) is 5.13 Å². The molecule has 9 heteroatoms. The van der Waals surface area contributed by atoms with Gasteiger partial charge >= 0.3 is 0 Å². The summed E-state index contributed by atoms with van der Waals surface area (Å²) in [5, 5.41) is 0.667. The van der Waals surface area contributed by atoms with Crippen molar-refractivity contribution in [2.24, 2.45) is 11.8 Å². The zero-order valence-electron chi connectivity index (χ0n) is 16.6. The zero-order chi connectivity index (χ0) is 20.2. The summed E-state index contributed by atoms with van der Waals surface area (Å²) in [5.41, 5.74) is 0.866. The summed E-state index contributed by atoms with van der Waals surface area (Å²) < 4.78 is 30.3.